The van der Waals surface area contributed by atoms with Crippen LogP contribution in [0.1, 0.15) is 17.3 Å². The molecule has 0 N–H and O–H groups in total. The molecule has 3 rings (SSSR count). The van der Waals surface area contributed by atoms with E-state index in [1.807, 2.05) is 6.07 Å². The highest BCUT2D eigenvalue weighted by molar-refractivity contribution is 9.10. The van der Waals surface area contributed by atoms with E-state index in [4.69, 9.17) is 4.74 Å². The van der Waals surface area contributed by atoms with Crippen molar-refractivity contribution in [3.63, 3.8) is 0 Å². The molecule has 0 unspecified atom stereocenters. The molecule has 1 fully saturated rings. The van der Waals surface area contributed by atoms with Crippen LogP contribution in [0.4, 0.5) is 11.5 Å². The molecule has 0 saturated carbocycles. The number of ether oxygens (including phenoxy) is 1. The molecule has 9 heteroatoms. The van der Waals surface area contributed by atoms with Crippen molar-refractivity contribution in [1.82, 2.24) is 14.8 Å². The van der Waals surface area contributed by atoms with Crippen molar-refractivity contribution in [3.05, 3.63) is 44.9 Å². The van der Waals surface area contributed by atoms with Crippen LogP contribution in [0.15, 0.2) is 33.8 Å². The molecule has 0 aliphatic carbocycles. The Bertz CT molecular complexity index is 844. The number of esters is 1. The number of halogens is 1. The van der Waals surface area contributed by atoms with Gasteiger partial charge in [-0.2, -0.15) is 5.10 Å². The highest BCUT2D eigenvalue weighted by Crippen LogP contribution is 2.24. The summed E-state index contributed by atoms with van der Waals surface area (Å²) in [5, 5.41) is 4.10. The van der Waals surface area contributed by atoms with Crippen LogP contribution in [0.5, 0.6) is 0 Å². The van der Waals surface area contributed by atoms with Crippen molar-refractivity contribution < 1.29 is 9.53 Å². The zero-order valence-electron chi connectivity index (χ0n) is 14.7. The third-order valence-corrected chi connectivity index (χ3v) is 5.01. The number of carbonyl (C=O) groups is 1. The maximum atomic E-state index is 12.0. The molecule has 3 heterocycles. The van der Waals surface area contributed by atoms with Gasteiger partial charge in [0.15, 0.2) is 0 Å². The maximum Gasteiger partial charge on any atom is 0.339 e. The van der Waals surface area contributed by atoms with Gasteiger partial charge in [-0.05, 0) is 35.0 Å². The molecule has 1 aliphatic heterocycles. The molecule has 2 aromatic heterocycles. The van der Waals surface area contributed by atoms with Crippen molar-refractivity contribution >= 4 is 33.4 Å². The second-order valence-corrected chi connectivity index (χ2v) is 6.67. The summed E-state index contributed by atoms with van der Waals surface area (Å²) in [4.78, 5) is 32.4. The second kappa shape index (κ2) is 7.86. The Morgan fingerprint density at radius 2 is 1.88 bits per heavy atom. The van der Waals surface area contributed by atoms with Gasteiger partial charge in [0.2, 0.25) is 0 Å². The zero-order valence-corrected chi connectivity index (χ0v) is 16.3. The summed E-state index contributed by atoms with van der Waals surface area (Å²) in [5.74, 6) is 0.457. The quantitative estimate of drug-likeness (QED) is 0.690. The molecule has 1 aliphatic rings. The Hall–Kier alpha value is -2.42. The number of hydrogen-bond acceptors (Lipinski definition) is 7. The van der Waals surface area contributed by atoms with Crippen LogP contribution in [-0.2, 0) is 11.8 Å². The summed E-state index contributed by atoms with van der Waals surface area (Å²) >= 11 is 3.38. The first-order valence-corrected chi connectivity index (χ1v) is 9.15. The predicted octanol–water partition coefficient (Wildman–Crippen LogP) is 1.44. The van der Waals surface area contributed by atoms with Crippen molar-refractivity contribution in [2.45, 2.75) is 6.92 Å². The van der Waals surface area contributed by atoms with Gasteiger partial charge in [-0.1, -0.05) is 0 Å². The molecule has 0 bridgehead atoms. The second-order valence-electron chi connectivity index (χ2n) is 5.87. The van der Waals surface area contributed by atoms with Gasteiger partial charge in [-0.15, -0.1) is 0 Å². The van der Waals surface area contributed by atoms with E-state index in [-0.39, 0.29) is 11.5 Å². The third kappa shape index (κ3) is 3.72. The summed E-state index contributed by atoms with van der Waals surface area (Å²) in [6.07, 6.45) is 3.24. The summed E-state index contributed by atoms with van der Waals surface area (Å²) in [5.41, 5.74) is 1.10. The highest BCUT2D eigenvalue weighted by atomic mass is 79.9. The molecule has 2 aromatic rings. The minimum absolute atomic E-state index is 0.152. The van der Waals surface area contributed by atoms with Gasteiger partial charge in [0, 0.05) is 39.4 Å². The van der Waals surface area contributed by atoms with Crippen LogP contribution in [0.25, 0.3) is 0 Å². The first kappa shape index (κ1) is 18.4. The SMILES string of the molecule is CCOC(=O)c1ccc(N2CCN(c3cnn(C)c(=O)c3Br)CC2)nc1. The van der Waals surface area contributed by atoms with E-state index < -0.39 is 0 Å². The fraction of sp³-hybridized carbons (Fsp3) is 0.412. The number of piperazine rings is 1. The van der Waals surface area contributed by atoms with Crippen LogP contribution in [0.2, 0.25) is 0 Å². The summed E-state index contributed by atoms with van der Waals surface area (Å²) in [6, 6.07) is 3.56. The molecule has 26 heavy (non-hydrogen) atoms. The van der Waals surface area contributed by atoms with Crippen LogP contribution in [0, 0.1) is 0 Å². The van der Waals surface area contributed by atoms with Crippen LogP contribution in [-0.4, -0.2) is 53.5 Å². The molecule has 0 amide bonds. The average Bonchev–Trinajstić information content (AvgIpc) is 2.67. The molecule has 8 nitrogen and oxygen atoms in total. The molecule has 1 saturated heterocycles. The van der Waals surface area contributed by atoms with Gasteiger partial charge in [-0.25, -0.2) is 14.5 Å². The minimum Gasteiger partial charge on any atom is -0.462 e. The lowest BCUT2D eigenvalue weighted by atomic mass is 10.2. The summed E-state index contributed by atoms with van der Waals surface area (Å²) < 4.78 is 6.80. The van der Waals surface area contributed by atoms with E-state index in [9.17, 15) is 9.59 Å². The van der Waals surface area contributed by atoms with Crippen LogP contribution < -0.4 is 15.4 Å². The smallest absolute Gasteiger partial charge is 0.339 e. The van der Waals surface area contributed by atoms with Crippen LogP contribution >= 0.6 is 15.9 Å². The molecular weight excluding hydrogens is 402 g/mol. The van der Waals surface area contributed by atoms with Crippen molar-refractivity contribution in [1.29, 1.82) is 0 Å². The minimum atomic E-state index is -0.362. The zero-order chi connectivity index (χ0) is 18.7. The third-order valence-electron chi connectivity index (χ3n) is 4.26. The van der Waals surface area contributed by atoms with Crippen LogP contribution in [0.3, 0.4) is 0 Å². The molecule has 138 valence electrons. The van der Waals surface area contributed by atoms with E-state index in [1.54, 1.807) is 32.4 Å². The Kier molecular flexibility index (Phi) is 5.55. The lowest BCUT2D eigenvalue weighted by Gasteiger charge is -2.36. The number of pyridine rings is 1. The first-order chi connectivity index (χ1) is 12.5. The topological polar surface area (TPSA) is 80.6 Å². The maximum absolute atomic E-state index is 12.0. The monoisotopic (exact) mass is 421 g/mol. The Labute approximate surface area is 159 Å². The summed E-state index contributed by atoms with van der Waals surface area (Å²) in [7, 11) is 1.63. The normalized spacial score (nSPS) is 14.4. The molecule has 0 atom stereocenters. The standard InChI is InChI=1S/C17H20BrN5O3/c1-3-26-17(25)12-4-5-14(19-10-12)23-8-6-22(7-9-23)13-11-20-21(2)16(24)15(13)18/h4-5,10-11H,3,6-9H2,1-2H3. The van der Waals surface area contributed by atoms with Gasteiger partial charge in [0.1, 0.15) is 10.3 Å². The fourth-order valence-corrected chi connectivity index (χ4v) is 3.42. The van der Waals surface area contributed by atoms with E-state index in [1.165, 1.54) is 4.68 Å². The molecule has 0 radical (unpaired) electrons. The number of anilines is 2. The number of aryl methyl sites for hydroxylation is 1. The number of carbonyl (C=O) groups excluding carboxylic acids is 1. The first-order valence-electron chi connectivity index (χ1n) is 8.36. The molecule has 0 spiro atoms. The molecule has 0 aromatic carbocycles. The Morgan fingerprint density at radius 3 is 2.50 bits per heavy atom. The average molecular weight is 422 g/mol. The predicted molar refractivity (Wildman–Crippen MR) is 102 cm³/mol. The van der Waals surface area contributed by atoms with Gasteiger partial charge < -0.3 is 14.5 Å². The van der Waals surface area contributed by atoms with Gasteiger partial charge in [0.05, 0.1) is 24.1 Å². The van der Waals surface area contributed by atoms with E-state index in [0.717, 1.165) is 37.7 Å². The lowest BCUT2D eigenvalue weighted by Crippen LogP contribution is -2.47. The van der Waals surface area contributed by atoms with Gasteiger partial charge in [0.25, 0.3) is 5.56 Å². The Morgan fingerprint density at radius 1 is 1.19 bits per heavy atom. The fourth-order valence-electron chi connectivity index (χ4n) is 2.81. The molecular formula is C17H20BrN5O3. The van der Waals surface area contributed by atoms with Gasteiger partial charge in [-0.3, -0.25) is 4.79 Å². The number of nitrogens with zero attached hydrogens (tertiary/aromatic N) is 5. The van der Waals surface area contributed by atoms with E-state index in [0.29, 0.717) is 16.6 Å². The number of hydrogen-bond donors (Lipinski definition) is 0. The number of rotatable bonds is 4. The summed E-state index contributed by atoms with van der Waals surface area (Å²) in [6.45, 7) is 5.12. The van der Waals surface area contributed by atoms with Crippen molar-refractivity contribution in [2.75, 3.05) is 42.6 Å². The van der Waals surface area contributed by atoms with Crippen molar-refractivity contribution in [2.24, 2.45) is 7.05 Å². The largest absolute Gasteiger partial charge is 0.462 e. The highest BCUT2D eigenvalue weighted by Gasteiger charge is 2.21. The van der Waals surface area contributed by atoms with Crippen molar-refractivity contribution in [3.8, 4) is 0 Å². The van der Waals surface area contributed by atoms with Gasteiger partial charge >= 0.3 is 5.97 Å². The lowest BCUT2D eigenvalue weighted by molar-refractivity contribution is 0.0526. The van der Waals surface area contributed by atoms with E-state index >= 15 is 0 Å². The number of aromatic nitrogens is 3. The van der Waals surface area contributed by atoms with E-state index in [2.05, 4.69) is 35.8 Å². The Balaban J connectivity index is 1.66.